The van der Waals surface area contributed by atoms with Crippen LogP contribution in [0.25, 0.3) is 6.08 Å². The van der Waals surface area contributed by atoms with Gasteiger partial charge in [0.2, 0.25) is 5.91 Å². The molecule has 1 amide bonds. The molecule has 0 atom stereocenters. The van der Waals surface area contributed by atoms with Crippen LogP contribution in [-0.2, 0) is 16.0 Å². The summed E-state index contributed by atoms with van der Waals surface area (Å²) in [6, 6.07) is 7.89. The predicted molar refractivity (Wildman–Crippen MR) is 103 cm³/mol. The van der Waals surface area contributed by atoms with E-state index in [0.717, 1.165) is 16.0 Å². The van der Waals surface area contributed by atoms with E-state index in [0.29, 0.717) is 23.6 Å². The zero-order chi connectivity index (χ0) is 18.4. The Bertz CT molecular complexity index is 788. The van der Waals surface area contributed by atoms with Gasteiger partial charge in [-0.2, -0.15) is 0 Å². The second kappa shape index (κ2) is 8.62. The summed E-state index contributed by atoms with van der Waals surface area (Å²) in [5, 5.41) is 3.37. The Hall–Kier alpha value is -2.40. The van der Waals surface area contributed by atoms with Crippen LogP contribution in [0, 0.1) is 13.8 Å². The van der Waals surface area contributed by atoms with Crippen LogP contribution in [-0.4, -0.2) is 18.5 Å². The zero-order valence-corrected chi connectivity index (χ0v) is 15.8. The number of rotatable bonds is 6. The standard InChI is InChI=1S/C20H23NO3S/c1-5-16-14(4)25-19(18(16)20(23)24-6-2)21-17(22)12-11-15-9-7-13(3)8-10-15/h7-12H,5-6H2,1-4H3,(H,21,22). The highest BCUT2D eigenvalue weighted by molar-refractivity contribution is 7.16. The molecule has 4 nitrogen and oxygen atoms in total. The van der Waals surface area contributed by atoms with E-state index < -0.39 is 0 Å². The number of carbonyl (C=O) groups excluding carboxylic acids is 2. The van der Waals surface area contributed by atoms with E-state index in [1.165, 1.54) is 23.0 Å². The number of aryl methyl sites for hydroxylation is 2. The van der Waals surface area contributed by atoms with Gasteiger partial charge in [-0.15, -0.1) is 11.3 Å². The second-order valence-corrected chi connectivity index (χ2v) is 6.87. The van der Waals surface area contributed by atoms with Crippen LogP contribution in [0.3, 0.4) is 0 Å². The fraction of sp³-hybridized carbons (Fsp3) is 0.300. The van der Waals surface area contributed by atoms with Gasteiger partial charge >= 0.3 is 5.97 Å². The monoisotopic (exact) mass is 357 g/mol. The molecule has 0 aliphatic carbocycles. The summed E-state index contributed by atoms with van der Waals surface area (Å²) in [6.45, 7) is 8.02. The van der Waals surface area contributed by atoms with Gasteiger partial charge in [0.1, 0.15) is 5.00 Å². The van der Waals surface area contributed by atoms with E-state index in [-0.39, 0.29) is 11.9 Å². The van der Waals surface area contributed by atoms with Crippen LogP contribution in [0.1, 0.15) is 45.8 Å². The highest BCUT2D eigenvalue weighted by Crippen LogP contribution is 2.34. The van der Waals surface area contributed by atoms with Gasteiger partial charge in [-0.05, 0) is 44.4 Å². The lowest BCUT2D eigenvalue weighted by atomic mass is 10.1. The number of anilines is 1. The van der Waals surface area contributed by atoms with Gasteiger partial charge in [0.25, 0.3) is 0 Å². The lowest BCUT2D eigenvalue weighted by molar-refractivity contribution is -0.111. The Labute approximate surface area is 152 Å². The molecule has 2 aromatic rings. The van der Waals surface area contributed by atoms with Crippen molar-refractivity contribution in [1.82, 2.24) is 0 Å². The molecule has 1 aromatic heterocycles. The molecule has 0 aliphatic rings. The highest BCUT2D eigenvalue weighted by atomic mass is 32.1. The first-order chi connectivity index (χ1) is 12.0. The van der Waals surface area contributed by atoms with Crippen LogP contribution in [0.2, 0.25) is 0 Å². The zero-order valence-electron chi connectivity index (χ0n) is 15.0. The van der Waals surface area contributed by atoms with Gasteiger partial charge in [-0.25, -0.2) is 4.79 Å². The number of carbonyl (C=O) groups is 2. The maximum atomic E-state index is 12.3. The molecule has 0 saturated heterocycles. The van der Waals surface area contributed by atoms with Gasteiger partial charge < -0.3 is 10.1 Å². The highest BCUT2D eigenvalue weighted by Gasteiger charge is 2.22. The Morgan fingerprint density at radius 3 is 2.44 bits per heavy atom. The number of thiophene rings is 1. The molecular weight excluding hydrogens is 334 g/mol. The third-order valence-electron chi connectivity index (χ3n) is 3.78. The molecule has 5 heteroatoms. The fourth-order valence-electron chi connectivity index (χ4n) is 2.51. The lowest BCUT2D eigenvalue weighted by Crippen LogP contribution is -2.13. The molecule has 132 valence electrons. The molecule has 0 aliphatic heterocycles. The summed E-state index contributed by atoms with van der Waals surface area (Å²) in [7, 11) is 0. The van der Waals surface area contributed by atoms with Gasteiger partial charge in [0.05, 0.1) is 12.2 Å². The molecular formula is C20H23NO3S. The van der Waals surface area contributed by atoms with Gasteiger partial charge in [0.15, 0.2) is 0 Å². The van der Waals surface area contributed by atoms with Gasteiger partial charge in [-0.3, -0.25) is 4.79 Å². The average Bonchev–Trinajstić information content (AvgIpc) is 2.89. The van der Waals surface area contributed by atoms with Crippen LogP contribution in [0.5, 0.6) is 0 Å². The maximum Gasteiger partial charge on any atom is 0.341 e. The Balaban J connectivity index is 2.19. The van der Waals surface area contributed by atoms with E-state index in [4.69, 9.17) is 4.74 Å². The summed E-state index contributed by atoms with van der Waals surface area (Å²) in [5.74, 6) is -0.656. The third kappa shape index (κ3) is 4.79. The van der Waals surface area contributed by atoms with Crippen molar-refractivity contribution < 1.29 is 14.3 Å². The van der Waals surface area contributed by atoms with E-state index in [2.05, 4.69) is 5.32 Å². The Morgan fingerprint density at radius 2 is 1.84 bits per heavy atom. The molecule has 1 aromatic carbocycles. The Morgan fingerprint density at radius 1 is 1.16 bits per heavy atom. The summed E-state index contributed by atoms with van der Waals surface area (Å²) >= 11 is 1.41. The number of nitrogens with one attached hydrogen (secondary N) is 1. The molecule has 0 bridgehead atoms. The smallest absolute Gasteiger partial charge is 0.341 e. The summed E-state index contributed by atoms with van der Waals surface area (Å²) < 4.78 is 5.14. The van der Waals surface area contributed by atoms with Crippen LogP contribution >= 0.6 is 11.3 Å². The summed E-state index contributed by atoms with van der Waals surface area (Å²) in [4.78, 5) is 25.5. The fourth-order valence-corrected chi connectivity index (χ4v) is 3.65. The van der Waals surface area contributed by atoms with E-state index >= 15 is 0 Å². The number of amides is 1. The first-order valence-electron chi connectivity index (χ1n) is 8.31. The predicted octanol–water partition coefficient (Wildman–Crippen LogP) is 4.76. The minimum atomic E-state index is -0.387. The van der Waals surface area contributed by atoms with Crippen molar-refractivity contribution >= 4 is 34.3 Å². The van der Waals surface area contributed by atoms with Crippen LogP contribution < -0.4 is 5.32 Å². The molecule has 0 radical (unpaired) electrons. The molecule has 25 heavy (non-hydrogen) atoms. The molecule has 0 fully saturated rings. The summed E-state index contributed by atoms with van der Waals surface area (Å²) in [5.41, 5.74) is 3.52. The molecule has 0 spiro atoms. The quantitative estimate of drug-likeness (QED) is 0.599. The second-order valence-electron chi connectivity index (χ2n) is 5.65. The molecule has 0 unspecified atom stereocenters. The topological polar surface area (TPSA) is 55.4 Å². The average molecular weight is 357 g/mol. The van der Waals surface area contributed by atoms with E-state index in [9.17, 15) is 9.59 Å². The van der Waals surface area contributed by atoms with Gasteiger partial charge in [0, 0.05) is 11.0 Å². The SMILES string of the molecule is CCOC(=O)c1c(NC(=O)C=Cc2ccc(C)cc2)sc(C)c1CC. The minimum Gasteiger partial charge on any atom is -0.462 e. The van der Waals surface area contributed by atoms with Crippen molar-refractivity contribution in [3.05, 3.63) is 57.5 Å². The Kier molecular flexibility index (Phi) is 6.53. The number of ether oxygens (including phenoxy) is 1. The van der Waals surface area contributed by atoms with Gasteiger partial charge in [-0.1, -0.05) is 36.8 Å². The van der Waals surface area contributed by atoms with Crippen molar-refractivity contribution in [3.63, 3.8) is 0 Å². The largest absolute Gasteiger partial charge is 0.462 e. The van der Waals surface area contributed by atoms with Crippen molar-refractivity contribution in [1.29, 1.82) is 0 Å². The lowest BCUT2D eigenvalue weighted by Gasteiger charge is -2.06. The van der Waals surface area contributed by atoms with Crippen molar-refractivity contribution in [2.45, 2.75) is 34.1 Å². The third-order valence-corrected chi connectivity index (χ3v) is 4.85. The van der Waals surface area contributed by atoms with Crippen LogP contribution in [0.15, 0.2) is 30.3 Å². The number of benzene rings is 1. The first kappa shape index (κ1) is 18.9. The van der Waals surface area contributed by atoms with Crippen molar-refractivity contribution in [2.24, 2.45) is 0 Å². The normalized spacial score (nSPS) is 10.9. The van der Waals surface area contributed by atoms with Crippen LogP contribution in [0.4, 0.5) is 5.00 Å². The number of hydrogen-bond acceptors (Lipinski definition) is 4. The number of esters is 1. The molecule has 1 N–H and O–H groups in total. The van der Waals surface area contributed by atoms with Crippen molar-refractivity contribution in [2.75, 3.05) is 11.9 Å². The molecule has 1 heterocycles. The van der Waals surface area contributed by atoms with Crippen molar-refractivity contribution in [3.8, 4) is 0 Å². The van der Waals surface area contributed by atoms with E-state index in [1.807, 2.05) is 45.0 Å². The maximum absolute atomic E-state index is 12.3. The number of hydrogen-bond donors (Lipinski definition) is 1. The van der Waals surface area contributed by atoms with E-state index in [1.54, 1.807) is 13.0 Å². The molecule has 0 saturated carbocycles. The summed E-state index contributed by atoms with van der Waals surface area (Å²) in [6.07, 6.45) is 3.94. The molecule has 2 rings (SSSR count). The first-order valence-corrected chi connectivity index (χ1v) is 9.13. The minimum absolute atomic E-state index is 0.268.